The molecule has 1 atom stereocenters. The standard InChI is InChI=1S/C17H20F3N3O3/c18-17(19,20)12-10-11(5-6-14(12)25-9-2-1-8-24)15-22-16(26-23-15)13-4-3-7-21-13/h5-6,10,13,21,24H,1-4,7-9H2. The Morgan fingerprint density at radius 1 is 1.31 bits per heavy atom. The van der Waals surface area contributed by atoms with Crippen molar-refractivity contribution < 1.29 is 27.5 Å². The Hall–Kier alpha value is -2.13. The lowest BCUT2D eigenvalue weighted by molar-refractivity contribution is -0.138. The van der Waals surface area contributed by atoms with Gasteiger partial charge in [-0.3, -0.25) is 0 Å². The minimum Gasteiger partial charge on any atom is -0.493 e. The zero-order valence-corrected chi connectivity index (χ0v) is 14.1. The summed E-state index contributed by atoms with van der Waals surface area (Å²) in [5, 5.41) is 15.7. The maximum absolute atomic E-state index is 13.4. The van der Waals surface area contributed by atoms with Gasteiger partial charge in [-0.15, -0.1) is 0 Å². The minimum absolute atomic E-state index is 0.0234. The molecule has 0 spiro atoms. The van der Waals surface area contributed by atoms with Crippen LogP contribution in [0.3, 0.4) is 0 Å². The number of benzene rings is 1. The molecule has 0 amide bonds. The molecule has 1 aromatic carbocycles. The lowest BCUT2D eigenvalue weighted by Gasteiger charge is -2.14. The number of hydrogen-bond acceptors (Lipinski definition) is 6. The Morgan fingerprint density at radius 2 is 2.15 bits per heavy atom. The van der Waals surface area contributed by atoms with Crippen LogP contribution in [-0.4, -0.2) is 35.0 Å². The largest absolute Gasteiger partial charge is 0.493 e. The number of nitrogens with one attached hydrogen (secondary N) is 1. The number of aliphatic hydroxyl groups is 1. The third-order valence-electron chi connectivity index (χ3n) is 4.15. The summed E-state index contributed by atoms with van der Waals surface area (Å²) in [6.45, 7) is 0.927. The number of alkyl halides is 3. The highest BCUT2D eigenvalue weighted by atomic mass is 19.4. The molecule has 0 saturated carbocycles. The fraction of sp³-hybridized carbons (Fsp3) is 0.529. The molecule has 1 unspecified atom stereocenters. The van der Waals surface area contributed by atoms with E-state index in [1.807, 2.05) is 0 Å². The Bertz CT molecular complexity index is 728. The summed E-state index contributed by atoms with van der Waals surface area (Å²) in [6, 6.07) is 3.67. The van der Waals surface area contributed by atoms with Gasteiger partial charge in [-0.1, -0.05) is 5.16 Å². The van der Waals surface area contributed by atoms with Gasteiger partial charge < -0.3 is 19.7 Å². The van der Waals surface area contributed by atoms with Gasteiger partial charge in [-0.05, 0) is 50.4 Å². The molecule has 2 N–H and O–H groups in total. The van der Waals surface area contributed by atoms with Gasteiger partial charge in [0.1, 0.15) is 5.75 Å². The van der Waals surface area contributed by atoms with Crippen LogP contribution in [0.4, 0.5) is 13.2 Å². The number of rotatable bonds is 7. The molecule has 1 aliphatic rings. The van der Waals surface area contributed by atoms with Crippen molar-refractivity contribution in [3.05, 3.63) is 29.7 Å². The molecular weight excluding hydrogens is 351 g/mol. The Balaban J connectivity index is 1.82. The zero-order chi connectivity index (χ0) is 18.6. The third kappa shape index (κ3) is 4.34. The quantitative estimate of drug-likeness (QED) is 0.727. The highest BCUT2D eigenvalue weighted by Gasteiger charge is 2.35. The third-order valence-corrected chi connectivity index (χ3v) is 4.15. The molecule has 6 nitrogen and oxygen atoms in total. The molecule has 142 valence electrons. The SMILES string of the molecule is OCCCCOc1ccc(-c2noc(C3CCCN3)n2)cc1C(F)(F)F. The molecule has 1 fully saturated rings. The van der Waals surface area contributed by atoms with Crippen LogP contribution in [0.2, 0.25) is 0 Å². The fourth-order valence-electron chi connectivity index (χ4n) is 2.80. The normalized spacial score (nSPS) is 17.6. The smallest absolute Gasteiger partial charge is 0.419 e. The van der Waals surface area contributed by atoms with Crippen LogP contribution >= 0.6 is 0 Å². The van der Waals surface area contributed by atoms with Gasteiger partial charge in [-0.25, -0.2) is 0 Å². The van der Waals surface area contributed by atoms with E-state index in [0.717, 1.165) is 25.5 Å². The van der Waals surface area contributed by atoms with Crippen molar-refractivity contribution in [3.8, 4) is 17.1 Å². The Labute approximate surface area is 148 Å². The lowest BCUT2D eigenvalue weighted by atomic mass is 10.1. The van der Waals surface area contributed by atoms with E-state index in [9.17, 15) is 13.2 Å². The maximum atomic E-state index is 13.4. The predicted molar refractivity (Wildman–Crippen MR) is 86.5 cm³/mol. The van der Waals surface area contributed by atoms with Crippen molar-refractivity contribution in [1.82, 2.24) is 15.5 Å². The summed E-state index contributed by atoms with van der Waals surface area (Å²) < 4.78 is 50.6. The van der Waals surface area contributed by atoms with Crippen molar-refractivity contribution in [2.45, 2.75) is 37.9 Å². The number of aliphatic hydroxyl groups excluding tert-OH is 1. The number of nitrogens with zero attached hydrogens (tertiary/aromatic N) is 2. The summed E-state index contributed by atoms with van der Waals surface area (Å²) >= 11 is 0. The molecule has 2 aromatic rings. The number of ether oxygens (including phenoxy) is 1. The lowest BCUT2D eigenvalue weighted by Crippen LogP contribution is -2.13. The van der Waals surface area contributed by atoms with Gasteiger partial charge in [0.2, 0.25) is 11.7 Å². The first-order valence-corrected chi connectivity index (χ1v) is 8.51. The fourth-order valence-corrected chi connectivity index (χ4v) is 2.80. The van der Waals surface area contributed by atoms with Gasteiger partial charge in [-0.2, -0.15) is 18.2 Å². The number of aromatic nitrogens is 2. The number of hydrogen-bond donors (Lipinski definition) is 2. The molecule has 0 radical (unpaired) electrons. The monoisotopic (exact) mass is 371 g/mol. The average molecular weight is 371 g/mol. The summed E-state index contributed by atoms with van der Waals surface area (Å²) in [5.41, 5.74) is -0.669. The van der Waals surface area contributed by atoms with Crippen LogP contribution < -0.4 is 10.1 Å². The highest BCUT2D eigenvalue weighted by Crippen LogP contribution is 2.38. The molecule has 3 rings (SSSR count). The van der Waals surface area contributed by atoms with Crippen LogP contribution in [0.5, 0.6) is 5.75 Å². The van der Waals surface area contributed by atoms with Crippen LogP contribution in [0.25, 0.3) is 11.4 Å². The van der Waals surface area contributed by atoms with E-state index in [2.05, 4.69) is 15.5 Å². The van der Waals surface area contributed by atoms with E-state index in [-0.39, 0.29) is 36.4 Å². The second-order valence-electron chi connectivity index (χ2n) is 6.09. The van der Waals surface area contributed by atoms with Crippen molar-refractivity contribution >= 4 is 0 Å². The molecule has 1 saturated heterocycles. The number of halogens is 3. The van der Waals surface area contributed by atoms with Crippen LogP contribution in [-0.2, 0) is 6.18 Å². The molecule has 1 aliphatic heterocycles. The minimum atomic E-state index is -4.57. The Kier molecular flexibility index (Phi) is 5.77. The molecule has 1 aromatic heterocycles. The van der Waals surface area contributed by atoms with Gasteiger partial charge in [0.05, 0.1) is 18.2 Å². The second-order valence-corrected chi connectivity index (χ2v) is 6.09. The molecule has 0 aliphatic carbocycles. The van der Waals surface area contributed by atoms with Crippen LogP contribution in [0.1, 0.15) is 43.2 Å². The van der Waals surface area contributed by atoms with Gasteiger partial charge in [0.15, 0.2) is 0 Å². The Morgan fingerprint density at radius 3 is 2.85 bits per heavy atom. The van der Waals surface area contributed by atoms with Crippen molar-refractivity contribution in [1.29, 1.82) is 0 Å². The van der Waals surface area contributed by atoms with Crippen LogP contribution in [0.15, 0.2) is 22.7 Å². The predicted octanol–water partition coefficient (Wildman–Crippen LogP) is 3.33. The molecule has 26 heavy (non-hydrogen) atoms. The van der Waals surface area contributed by atoms with E-state index >= 15 is 0 Å². The van der Waals surface area contributed by atoms with E-state index in [1.54, 1.807) is 0 Å². The summed E-state index contributed by atoms with van der Waals surface area (Å²) in [4.78, 5) is 4.23. The van der Waals surface area contributed by atoms with E-state index < -0.39 is 11.7 Å². The van der Waals surface area contributed by atoms with Crippen molar-refractivity contribution in [2.75, 3.05) is 19.8 Å². The highest BCUT2D eigenvalue weighted by molar-refractivity contribution is 5.59. The first-order chi connectivity index (χ1) is 12.5. The summed E-state index contributed by atoms with van der Waals surface area (Å²) in [5.74, 6) is 0.252. The molecular formula is C17H20F3N3O3. The number of unbranched alkanes of at least 4 members (excludes halogenated alkanes) is 1. The van der Waals surface area contributed by atoms with Crippen molar-refractivity contribution in [3.63, 3.8) is 0 Å². The van der Waals surface area contributed by atoms with Gasteiger partial charge >= 0.3 is 6.18 Å². The first kappa shape index (κ1) is 18.7. The summed E-state index contributed by atoms with van der Waals surface area (Å²) in [7, 11) is 0. The second kappa shape index (κ2) is 8.05. The average Bonchev–Trinajstić information content (AvgIpc) is 3.29. The van der Waals surface area contributed by atoms with Gasteiger partial charge in [0, 0.05) is 12.2 Å². The van der Waals surface area contributed by atoms with Crippen molar-refractivity contribution in [2.24, 2.45) is 0 Å². The molecule has 9 heteroatoms. The van der Waals surface area contributed by atoms with Crippen LogP contribution in [0, 0.1) is 0 Å². The summed E-state index contributed by atoms with van der Waals surface area (Å²) in [6.07, 6.45) is -1.78. The maximum Gasteiger partial charge on any atom is 0.419 e. The van der Waals surface area contributed by atoms with E-state index in [1.165, 1.54) is 12.1 Å². The topological polar surface area (TPSA) is 80.4 Å². The molecule has 0 bridgehead atoms. The van der Waals surface area contributed by atoms with Gasteiger partial charge in [0.25, 0.3) is 0 Å². The van der Waals surface area contributed by atoms with E-state index in [0.29, 0.717) is 18.7 Å². The first-order valence-electron chi connectivity index (χ1n) is 8.51. The molecule has 2 heterocycles. The zero-order valence-electron chi connectivity index (χ0n) is 14.1. The van der Waals surface area contributed by atoms with E-state index in [4.69, 9.17) is 14.4 Å².